The second-order valence-corrected chi connectivity index (χ2v) is 5.17. The van der Waals surface area contributed by atoms with Gasteiger partial charge in [0, 0.05) is 17.8 Å². The van der Waals surface area contributed by atoms with Crippen LogP contribution in [0.15, 0.2) is 36.7 Å². The maximum Gasteiger partial charge on any atom is 0.135 e. The van der Waals surface area contributed by atoms with E-state index in [-0.39, 0.29) is 0 Å². The lowest BCUT2D eigenvalue weighted by Crippen LogP contribution is -2.24. The fourth-order valence-corrected chi connectivity index (χ4v) is 2.86. The summed E-state index contributed by atoms with van der Waals surface area (Å²) < 4.78 is 0. The third kappa shape index (κ3) is 2.21. The molecule has 1 fully saturated rings. The number of anilines is 1. The highest BCUT2D eigenvalue weighted by molar-refractivity contribution is 5.50. The molecule has 0 spiro atoms. The van der Waals surface area contributed by atoms with Crippen molar-refractivity contribution < 1.29 is 0 Å². The zero-order chi connectivity index (χ0) is 13.2. The van der Waals surface area contributed by atoms with Crippen LogP contribution >= 0.6 is 0 Å². The van der Waals surface area contributed by atoms with E-state index < -0.39 is 0 Å². The Morgan fingerprint density at radius 3 is 2.68 bits per heavy atom. The van der Waals surface area contributed by atoms with Crippen molar-refractivity contribution in [3.63, 3.8) is 0 Å². The van der Waals surface area contributed by atoms with Crippen molar-refractivity contribution in [3.05, 3.63) is 53.5 Å². The zero-order valence-electron chi connectivity index (χ0n) is 11.5. The first-order valence-corrected chi connectivity index (χ1v) is 6.87. The SMILES string of the molecule is Cc1ncnc(N2CCCC2c2ccccc2)c1C. The van der Waals surface area contributed by atoms with Gasteiger partial charge in [0.2, 0.25) is 0 Å². The molecule has 1 aliphatic rings. The van der Waals surface area contributed by atoms with Gasteiger partial charge in [-0.05, 0) is 32.3 Å². The van der Waals surface area contributed by atoms with Gasteiger partial charge in [-0.15, -0.1) is 0 Å². The molecule has 1 saturated heterocycles. The summed E-state index contributed by atoms with van der Waals surface area (Å²) in [6.07, 6.45) is 4.10. The molecule has 0 aliphatic carbocycles. The smallest absolute Gasteiger partial charge is 0.135 e. The van der Waals surface area contributed by atoms with Crippen molar-refractivity contribution in [1.82, 2.24) is 9.97 Å². The van der Waals surface area contributed by atoms with E-state index in [9.17, 15) is 0 Å². The Hall–Kier alpha value is -1.90. The maximum atomic E-state index is 4.51. The molecular weight excluding hydrogens is 234 g/mol. The van der Waals surface area contributed by atoms with Crippen LogP contribution in [0, 0.1) is 13.8 Å². The Kier molecular flexibility index (Phi) is 3.20. The second-order valence-electron chi connectivity index (χ2n) is 5.17. The van der Waals surface area contributed by atoms with Crippen molar-refractivity contribution in [1.29, 1.82) is 0 Å². The van der Waals surface area contributed by atoms with Crippen LogP contribution in [0.5, 0.6) is 0 Å². The molecule has 3 rings (SSSR count). The van der Waals surface area contributed by atoms with E-state index in [1.54, 1.807) is 6.33 Å². The van der Waals surface area contributed by atoms with E-state index in [2.05, 4.69) is 52.1 Å². The number of aromatic nitrogens is 2. The summed E-state index contributed by atoms with van der Waals surface area (Å²) in [5.74, 6) is 1.10. The molecule has 1 aliphatic heterocycles. The average Bonchev–Trinajstić information content (AvgIpc) is 2.92. The minimum Gasteiger partial charge on any atom is -0.349 e. The number of aryl methyl sites for hydroxylation is 1. The highest BCUT2D eigenvalue weighted by atomic mass is 15.2. The highest BCUT2D eigenvalue weighted by Gasteiger charge is 2.28. The number of benzene rings is 1. The van der Waals surface area contributed by atoms with Gasteiger partial charge < -0.3 is 4.90 Å². The molecule has 2 aromatic rings. The van der Waals surface area contributed by atoms with Crippen LogP contribution in [0.2, 0.25) is 0 Å². The van der Waals surface area contributed by atoms with Crippen molar-refractivity contribution in [2.75, 3.05) is 11.4 Å². The maximum absolute atomic E-state index is 4.51. The summed E-state index contributed by atoms with van der Waals surface area (Å²) in [7, 11) is 0. The van der Waals surface area contributed by atoms with Crippen LogP contribution in [0.3, 0.4) is 0 Å². The molecule has 1 atom stereocenters. The van der Waals surface area contributed by atoms with E-state index in [0.29, 0.717) is 6.04 Å². The predicted molar refractivity (Wildman–Crippen MR) is 77.3 cm³/mol. The van der Waals surface area contributed by atoms with E-state index >= 15 is 0 Å². The molecule has 1 aromatic heterocycles. The summed E-state index contributed by atoms with van der Waals surface area (Å²) in [6, 6.07) is 11.2. The van der Waals surface area contributed by atoms with Gasteiger partial charge in [0.05, 0.1) is 6.04 Å². The number of rotatable bonds is 2. The fraction of sp³-hybridized carbons (Fsp3) is 0.375. The molecule has 0 saturated carbocycles. The third-order valence-corrected chi connectivity index (χ3v) is 4.02. The predicted octanol–water partition coefficient (Wildman–Crippen LogP) is 3.43. The molecule has 0 amide bonds. The van der Waals surface area contributed by atoms with E-state index in [0.717, 1.165) is 18.1 Å². The monoisotopic (exact) mass is 253 g/mol. The van der Waals surface area contributed by atoms with Crippen molar-refractivity contribution in [2.24, 2.45) is 0 Å². The average molecular weight is 253 g/mol. The molecule has 1 aromatic carbocycles. The topological polar surface area (TPSA) is 29.0 Å². The fourth-order valence-electron chi connectivity index (χ4n) is 2.86. The van der Waals surface area contributed by atoms with Crippen LogP contribution < -0.4 is 4.90 Å². The van der Waals surface area contributed by atoms with Crippen molar-refractivity contribution in [2.45, 2.75) is 32.7 Å². The number of hydrogen-bond donors (Lipinski definition) is 0. The first-order chi connectivity index (χ1) is 9.27. The van der Waals surface area contributed by atoms with Crippen LogP contribution in [0.4, 0.5) is 5.82 Å². The Bertz CT molecular complexity index is 565. The van der Waals surface area contributed by atoms with Crippen LogP contribution in [0.1, 0.15) is 35.7 Å². The summed E-state index contributed by atoms with van der Waals surface area (Å²) >= 11 is 0. The quantitative estimate of drug-likeness (QED) is 0.821. The second kappa shape index (κ2) is 5.00. The highest BCUT2D eigenvalue weighted by Crippen LogP contribution is 2.36. The minimum atomic E-state index is 0.453. The standard InChI is InChI=1S/C16H19N3/c1-12-13(2)17-11-18-16(12)19-10-6-9-15(19)14-7-4-3-5-8-14/h3-5,7-8,11,15H,6,9-10H2,1-2H3. The molecule has 0 N–H and O–H groups in total. The van der Waals surface area contributed by atoms with Gasteiger partial charge in [-0.25, -0.2) is 9.97 Å². The molecule has 2 heterocycles. The molecule has 19 heavy (non-hydrogen) atoms. The zero-order valence-corrected chi connectivity index (χ0v) is 11.5. The number of hydrogen-bond acceptors (Lipinski definition) is 3. The Morgan fingerprint density at radius 2 is 1.89 bits per heavy atom. The molecule has 98 valence electrons. The summed E-state index contributed by atoms with van der Waals surface area (Å²) in [5.41, 5.74) is 3.66. The lowest BCUT2D eigenvalue weighted by molar-refractivity contribution is 0.707. The lowest BCUT2D eigenvalue weighted by Gasteiger charge is -2.27. The van der Waals surface area contributed by atoms with Crippen LogP contribution in [-0.2, 0) is 0 Å². The first kappa shape index (κ1) is 12.2. The molecule has 0 radical (unpaired) electrons. The minimum absolute atomic E-state index is 0.453. The normalized spacial score (nSPS) is 18.8. The Morgan fingerprint density at radius 1 is 1.11 bits per heavy atom. The van der Waals surface area contributed by atoms with Gasteiger partial charge in [-0.3, -0.25) is 0 Å². The van der Waals surface area contributed by atoms with Gasteiger partial charge in [0.1, 0.15) is 12.1 Å². The van der Waals surface area contributed by atoms with Crippen molar-refractivity contribution >= 4 is 5.82 Å². The van der Waals surface area contributed by atoms with E-state index in [1.807, 2.05) is 6.92 Å². The van der Waals surface area contributed by atoms with Gasteiger partial charge in [0.15, 0.2) is 0 Å². The molecule has 0 bridgehead atoms. The summed E-state index contributed by atoms with van der Waals surface area (Å²) in [5, 5.41) is 0. The largest absolute Gasteiger partial charge is 0.349 e. The Balaban J connectivity index is 1.98. The van der Waals surface area contributed by atoms with E-state index in [1.165, 1.54) is 24.0 Å². The Labute approximate surface area is 114 Å². The van der Waals surface area contributed by atoms with Crippen LogP contribution in [-0.4, -0.2) is 16.5 Å². The number of nitrogens with zero attached hydrogens (tertiary/aromatic N) is 3. The summed E-state index contributed by atoms with van der Waals surface area (Å²) in [6.45, 7) is 5.25. The molecule has 3 nitrogen and oxygen atoms in total. The van der Waals surface area contributed by atoms with Gasteiger partial charge in [0.25, 0.3) is 0 Å². The summed E-state index contributed by atoms with van der Waals surface area (Å²) in [4.78, 5) is 11.2. The third-order valence-electron chi connectivity index (χ3n) is 4.02. The van der Waals surface area contributed by atoms with Gasteiger partial charge in [-0.2, -0.15) is 0 Å². The van der Waals surface area contributed by atoms with Gasteiger partial charge >= 0.3 is 0 Å². The van der Waals surface area contributed by atoms with Crippen LogP contribution in [0.25, 0.3) is 0 Å². The van der Waals surface area contributed by atoms with E-state index in [4.69, 9.17) is 0 Å². The molecular formula is C16H19N3. The molecule has 1 unspecified atom stereocenters. The first-order valence-electron chi connectivity index (χ1n) is 6.87. The lowest BCUT2D eigenvalue weighted by atomic mass is 10.0. The molecule has 3 heteroatoms. The van der Waals surface area contributed by atoms with Gasteiger partial charge in [-0.1, -0.05) is 30.3 Å². The van der Waals surface area contributed by atoms with Crippen molar-refractivity contribution in [3.8, 4) is 0 Å².